The van der Waals surface area contributed by atoms with Crippen molar-refractivity contribution < 1.29 is 4.79 Å². The largest absolute Gasteiger partial charge is 0.324 e. The molecule has 0 saturated carbocycles. The van der Waals surface area contributed by atoms with Crippen LogP contribution in [0.2, 0.25) is 0 Å². The van der Waals surface area contributed by atoms with Crippen LogP contribution in [-0.2, 0) is 11.3 Å². The number of nitrogens with one attached hydrogen (secondary N) is 2. The Morgan fingerprint density at radius 2 is 1.61 bits per heavy atom. The summed E-state index contributed by atoms with van der Waals surface area (Å²) >= 11 is 0. The maximum absolute atomic E-state index is 12.6. The highest BCUT2D eigenvalue weighted by Crippen LogP contribution is 2.19. The minimum absolute atomic E-state index is 0.274. The summed E-state index contributed by atoms with van der Waals surface area (Å²) in [6.07, 6.45) is 1.75. The zero-order valence-corrected chi connectivity index (χ0v) is 16.3. The van der Waals surface area contributed by atoms with E-state index in [4.69, 9.17) is 0 Å². The van der Waals surface area contributed by atoms with Gasteiger partial charge in [-0.1, -0.05) is 24.3 Å². The first kappa shape index (κ1) is 18.6. The number of aromatic amines is 1. The number of aromatic nitrogens is 4. The number of nitrogens with zero attached hydrogens (tertiary/aromatic N) is 3. The summed E-state index contributed by atoms with van der Waals surface area (Å²) in [5.74, 6) is -0.422. The van der Waals surface area contributed by atoms with E-state index in [-0.39, 0.29) is 11.9 Å². The Labute approximate surface area is 175 Å². The van der Waals surface area contributed by atoms with E-state index < -0.39 is 17.0 Å². The lowest BCUT2D eigenvalue weighted by Crippen LogP contribution is -2.34. The van der Waals surface area contributed by atoms with Gasteiger partial charge in [0.05, 0.1) is 21.8 Å². The van der Waals surface area contributed by atoms with Crippen molar-refractivity contribution in [3.05, 3.63) is 99.8 Å². The summed E-state index contributed by atoms with van der Waals surface area (Å²) in [5.41, 5.74) is 2.53. The van der Waals surface area contributed by atoms with Crippen molar-refractivity contribution in [2.45, 2.75) is 6.54 Å². The zero-order chi connectivity index (χ0) is 21.4. The average Bonchev–Trinajstić information content (AvgIpc) is 3.22. The molecule has 2 heterocycles. The molecule has 0 atom stereocenters. The number of amides is 1. The minimum Gasteiger partial charge on any atom is -0.324 e. The number of benzene rings is 3. The summed E-state index contributed by atoms with van der Waals surface area (Å²) in [7, 11) is 0. The van der Waals surface area contributed by atoms with E-state index in [2.05, 4.69) is 15.4 Å². The van der Waals surface area contributed by atoms with Gasteiger partial charge in [-0.2, -0.15) is 0 Å². The van der Waals surface area contributed by atoms with Gasteiger partial charge in [0.15, 0.2) is 0 Å². The lowest BCUT2D eigenvalue weighted by Gasteiger charge is -2.09. The van der Waals surface area contributed by atoms with Gasteiger partial charge in [0.1, 0.15) is 12.9 Å². The molecule has 2 N–H and O–H groups in total. The molecule has 0 spiro atoms. The molecule has 0 aliphatic heterocycles. The third-order valence-electron chi connectivity index (χ3n) is 5.07. The van der Waals surface area contributed by atoms with E-state index in [0.29, 0.717) is 11.1 Å². The molecule has 0 fully saturated rings. The Kier molecular flexibility index (Phi) is 4.44. The summed E-state index contributed by atoms with van der Waals surface area (Å²) in [6, 6.07) is 21.6. The Balaban J connectivity index is 1.36. The number of fused-ring (bicyclic) bond motifs is 2. The lowest BCUT2D eigenvalue weighted by atomic mass is 10.2. The highest BCUT2D eigenvalue weighted by Gasteiger charge is 2.11. The van der Waals surface area contributed by atoms with Crippen LogP contribution in [0.25, 0.3) is 27.5 Å². The third kappa shape index (κ3) is 3.40. The first-order valence-electron chi connectivity index (χ1n) is 9.64. The molecule has 2 aromatic heterocycles. The minimum atomic E-state index is -0.423. The Bertz CT molecular complexity index is 1540. The van der Waals surface area contributed by atoms with Gasteiger partial charge in [0.2, 0.25) is 5.91 Å². The number of imidazole rings is 1. The zero-order valence-electron chi connectivity index (χ0n) is 16.3. The molecule has 0 saturated heterocycles. The molecule has 31 heavy (non-hydrogen) atoms. The standard InChI is InChI=1S/C23H17N5O3/c29-21(13-28-23(31)18-6-2-1-5-17(18)22(30)26-28)25-15-9-11-16(12-10-15)27-14-24-19-7-3-4-8-20(19)27/h1-12,14H,13H2,(H,25,29)(H,26,30). The molecule has 1 amide bonds. The van der Waals surface area contributed by atoms with Crippen molar-refractivity contribution >= 4 is 33.4 Å². The van der Waals surface area contributed by atoms with Crippen molar-refractivity contribution in [2.75, 3.05) is 5.32 Å². The van der Waals surface area contributed by atoms with Crippen molar-refractivity contribution in [2.24, 2.45) is 0 Å². The number of anilines is 1. The molecule has 8 nitrogen and oxygen atoms in total. The maximum Gasteiger partial charge on any atom is 0.273 e. The van der Waals surface area contributed by atoms with Crippen LogP contribution in [0.15, 0.2) is 88.7 Å². The quantitative estimate of drug-likeness (QED) is 0.475. The molecule has 0 unspecified atom stereocenters. The van der Waals surface area contributed by atoms with Gasteiger partial charge in [0.25, 0.3) is 11.1 Å². The summed E-state index contributed by atoms with van der Waals surface area (Å²) < 4.78 is 2.98. The van der Waals surface area contributed by atoms with E-state index in [1.807, 2.05) is 41.0 Å². The number of para-hydroxylation sites is 2. The number of hydrogen-bond donors (Lipinski definition) is 2. The molecular formula is C23H17N5O3. The van der Waals surface area contributed by atoms with Crippen molar-refractivity contribution in [3.8, 4) is 5.69 Å². The second-order valence-corrected chi connectivity index (χ2v) is 7.08. The summed E-state index contributed by atoms with van der Waals surface area (Å²) in [6.45, 7) is -0.299. The summed E-state index contributed by atoms with van der Waals surface area (Å²) in [4.78, 5) is 41.6. The average molecular weight is 411 g/mol. The molecule has 3 aromatic carbocycles. The molecule has 5 rings (SSSR count). The first-order valence-corrected chi connectivity index (χ1v) is 9.64. The molecule has 0 aliphatic rings. The molecule has 0 aliphatic carbocycles. The monoisotopic (exact) mass is 411 g/mol. The van der Waals surface area contributed by atoms with Gasteiger partial charge in [0, 0.05) is 11.4 Å². The first-order chi connectivity index (χ1) is 15.1. The van der Waals surface area contributed by atoms with Gasteiger partial charge < -0.3 is 5.32 Å². The fourth-order valence-corrected chi connectivity index (χ4v) is 3.57. The lowest BCUT2D eigenvalue weighted by molar-refractivity contribution is -0.117. The molecule has 152 valence electrons. The number of carbonyl (C=O) groups is 1. The number of carbonyl (C=O) groups excluding carboxylic acids is 1. The SMILES string of the molecule is O=C(Cn1[nH]c(=O)c2ccccc2c1=O)Nc1ccc(-n2cnc3ccccc32)cc1. The second-order valence-electron chi connectivity index (χ2n) is 7.08. The van der Waals surface area contributed by atoms with Crippen LogP contribution < -0.4 is 16.4 Å². The number of hydrogen-bond acceptors (Lipinski definition) is 4. The van der Waals surface area contributed by atoms with E-state index in [0.717, 1.165) is 21.4 Å². The van der Waals surface area contributed by atoms with Crippen LogP contribution >= 0.6 is 0 Å². The highest BCUT2D eigenvalue weighted by atomic mass is 16.2. The molecule has 0 bridgehead atoms. The van der Waals surface area contributed by atoms with Crippen LogP contribution in [-0.4, -0.2) is 25.2 Å². The van der Waals surface area contributed by atoms with Crippen LogP contribution in [0.1, 0.15) is 0 Å². The van der Waals surface area contributed by atoms with Gasteiger partial charge in [-0.3, -0.25) is 24.0 Å². The van der Waals surface area contributed by atoms with Crippen LogP contribution in [0, 0.1) is 0 Å². The molecule has 0 radical (unpaired) electrons. The van der Waals surface area contributed by atoms with Crippen molar-refractivity contribution in [1.82, 2.24) is 19.3 Å². The fraction of sp³-hybridized carbons (Fsp3) is 0.0435. The van der Waals surface area contributed by atoms with Crippen molar-refractivity contribution in [3.63, 3.8) is 0 Å². The molecular weight excluding hydrogens is 394 g/mol. The van der Waals surface area contributed by atoms with Crippen LogP contribution in [0.5, 0.6) is 0 Å². The topological polar surface area (TPSA) is 102 Å². The Morgan fingerprint density at radius 3 is 2.42 bits per heavy atom. The van der Waals surface area contributed by atoms with Crippen LogP contribution in [0.4, 0.5) is 5.69 Å². The predicted molar refractivity (Wildman–Crippen MR) is 119 cm³/mol. The van der Waals surface area contributed by atoms with E-state index in [1.54, 1.807) is 42.7 Å². The fourth-order valence-electron chi connectivity index (χ4n) is 3.57. The van der Waals surface area contributed by atoms with Gasteiger partial charge in [-0.15, -0.1) is 0 Å². The smallest absolute Gasteiger partial charge is 0.273 e. The predicted octanol–water partition coefficient (Wildman–Crippen LogP) is 2.67. The van der Waals surface area contributed by atoms with Gasteiger partial charge >= 0.3 is 0 Å². The van der Waals surface area contributed by atoms with Gasteiger partial charge in [-0.25, -0.2) is 9.67 Å². The maximum atomic E-state index is 12.6. The van der Waals surface area contributed by atoms with Crippen LogP contribution in [0.3, 0.4) is 0 Å². The Hall–Kier alpha value is -4.46. The normalized spacial score (nSPS) is 11.1. The van der Waals surface area contributed by atoms with E-state index in [1.165, 1.54) is 0 Å². The Morgan fingerprint density at radius 1 is 0.903 bits per heavy atom. The van der Waals surface area contributed by atoms with Crippen molar-refractivity contribution in [1.29, 1.82) is 0 Å². The van der Waals surface area contributed by atoms with Gasteiger partial charge in [-0.05, 0) is 48.5 Å². The number of rotatable bonds is 4. The molecule has 5 aromatic rings. The second kappa shape index (κ2) is 7.42. The third-order valence-corrected chi connectivity index (χ3v) is 5.07. The van der Waals surface area contributed by atoms with E-state index in [9.17, 15) is 14.4 Å². The molecule has 8 heteroatoms. The van der Waals surface area contributed by atoms with E-state index >= 15 is 0 Å². The summed E-state index contributed by atoms with van der Waals surface area (Å²) in [5, 5.41) is 5.78. The highest BCUT2D eigenvalue weighted by molar-refractivity contribution is 5.91. The number of H-pyrrole nitrogens is 1.